The van der Waals surface area contributed by atoms with Crippen LogP contribution in [0.4, 0.5) is 0 Å². The molecule has 0 bridgehead atoms. The predicted molar refractivity (Wildman–Crippen MR) is 88.6 cm³/mol. The highest BCUT2D eigenvalue weighted by Gasteiger charge is 2.13. The fraction of sp³-hybridized carbons (Fsp3) is 0.267. The van der Waals surface area contributed by atoms with Crippen LogP contribution in [-0.2, 0) is 13.0 Å². The molecule has 1 aromatic heterocycles. The SMILES string of the molecule is CC(Cc1cccc(Br)c1)NC(=O)c1coc(CN)c1.Cl. The second-order valence-corrected chi connectivity index (χ2v) is 5.63. The molecule has 6 heteroatoms. The average molecular weight is 374 g/mol. The molecule has 1 heterocycles. The molecule has 1 aromatic carbocycles. The van der Waals surface area contributed by atoms with Gasteiger partial charge < -0.3 is 15.5 Å². The summed E-state index contributed by atoms with van der Waals surface area (Å²) in [6.45, 7) is 2.27. The third-order valence-electron chi connectivity index (χ3n) is 2.93. The number of furan rings is 1. The molecule has 1 atom stereocenters. The van der Waals surface area contributed by atoms with Crippen molar-refractivity contribution < 1.29 is 9.21 Å². The van der Waals surface area contributed by atoms with E-state index >= 15 is 0 Å². The highest BCUT2D eigenvalue weighted by molar-refractivity contribution is 9.10. The fourth-order valence-corrected chi connectivity index (χ4v) is 2.43. The normalized spacial score (nSPS) is 11.6. The van der Waals surface area contributed by atoms with E-state index in [1.807, 2.05) is 31.2 Å². The van der Waals surface area contributed by atoms with Crippen molar-refractivity contribution in [2.75, 3.05) is 0 Å². The van der Waals surface area contributed by atoms with Gasteiger partial charge in [0.25, 0.3) is 5.91 Å². The number of carbonyl (C=O) groups excluding carboxylic acids is 1. The molecule has 21 heavy (non-hydrogen) atoms. The van der Waals surface area contributed by atoms with Gasteiger partial charge in [0.15, 0.2) is 0 Å². The fourth-order valence-electron chi connectivity index (χ4n) is 1.98. The molecule has 0 aliphatic heterocycles. The van der Waals surface area contributed by atoms with Gasteiger partial charge in [-0.1, -0.05) is 28.1 Å². The molecule has 0 fully saturated rings. The van der Waals surface area contributed by atoms with Gasteiger partial charge >= 0.3 is 0 Å². The minimum atomic E-state index is -0.143. The van der Waals surface area contributed by atoms with Gasteiger partial charge in [-0.15, -0.1) is 12.4 Å². The molecule has 2 aromatic rings. The molecule has 0 aliphatic carbocycles. The zero-order valence-corrected chi connectivity index (χ0v) is 14.0. The molecular weight excluding hydrogens is 356 g/mol. The van der Waals surface area contributed by atoms with Crippen LogP contribution in [0.5, 0.6) is 0 Å². The maximum absolute atomic E-state index is 12.0. The molecule has 2 rings (SSSR count). The molecule has 3 N–H and O–H groups in total. The summed E-state index contributed by atoms with van der Waals surface area (Å²) in [5.74, 6) is 0.464. The van der Waals surface area contributed by atoms with Gasteiger partial charge in [-0.25, -0.2) is 0 Å². The van der Waals surface area contributed by atoms with E-state index in [1.54, 1.807) is 6.07 Å². The Morgan fingerprint density at radius 3 is 2.81 bits per heavy atom. The second-order valence-electron chi connectivity index (χ2n) is 4.71. The first-order chi connectivity index (χ1) is 9.58. The van der Waals surface area contributed by atoms with E-state index in [0.717, 1.165) is 10.9 Å². The number of carbonyl (C=O) groups is 1. The number of rotatable bonds is 5. The highest BCUT2D eigenvalue weighted by atomic mass is 79.9. The maximum Gasteiger partial charge on any atom is 0.254 e. The van der Waals surface area contributed by atoms with Crippen molar-refractivity contribution >= 4 is 34.2 Å². The van der Waals surface area contributed by atoms with Gasteiger partial charge in [0.2, 0.25) is 0 Å². The minimum absolute atomic E-state index is 0. The topological polar surface area (TPSA) is 68.3 Å². The van der Waals surface area contributed by atoms with Crippen LogP contribution < -0.4 is 11.1 Å². The summed E-state index contributed by atoms with van der Waals surface area (Å²) >= 11 is 3.44. The second kappa shape index (κ2) is 8.22. The van der Waals surface area contributed by atoms with Crippen molar-refractivity contribution in [1.29, 1.82) is 0 Å². The number of nitrogens with one attached hydrogen (secondary N) is 1. The summed E-state index contributed by atoms with van der Waals surface area (Å²) in [4.78, 5) is 12.0. The van der Waals surface area contributed by atoms with Crippen LogP contribution in [0.1, 0.15) is 28.6 Å². The zero-order valence-electron chi connectivity index (χ0n) is 11.6. The molecule has 1 unspecified atom stereocenters. The Morgan fingerprint density at radius 1 is 1.43 bits per heavy atom. The monoisotopic (exact) mass is 372 g/mol. The Balaban J connectivity index is 0.00000220. The molecule has 0 aliphatic rings. The van der Waals surface area contributed by atoms with Gasteiger partial charge in [-0.2, -0.15) is 0 Å². The van der Waals surface area contributed by atoms with Gasteiger partial charge in [-0.05, 0) is 37.1 Å². The predicted octanol–water partition coefficient (Wildman–Crippen LogP) is 3.28. The lowest BCUT2D eigenvalue weighted by Gasteiger charge is -2.13. The molecule has 0 saturated carbocycles. The summed E-state index contributed by atoms with van der Waals surface area (Å²) in [6.07, 6.45) is 2.20. The molecule has 4 nitrogen and oxygen atoms in total. The third kappa shape index (κ3) is 5.19. The highest BCUT2D eigenvalue weighted by Crippen LogP contribution is 2.13. The van der Waals surface area contributed by atoms with Crippen LogP contribution in [-0.4, -0.2) is 11.9 Å². The van der Waals surface area contributed by atoms with Gasteiger partial charge in [0, 0.05) is 10.5 Å². The quantitative estimate of drug-likeness (QED) is 0.845. The van der Waals surface area contributed by atoms with Crippen molar-refractivity contribution in [2.24, 2.45) is 5.73 Å². The summed E-state index contributed by atoms with van der Waals surface area (Å²) in [5, 5.41) is 2.95. The van der Waals surface area contributed by atoms with E-state index in [-0.39, 0.29) is 24.4 Å². The number of hydrogen-bond acceptors (Lipinski definition) is 3. The maximum atomic E-state index is 12.0. The Labute approximate surface area is 138 Å². The number of benzene rings is 1. The van der Waals surface area contributed by atoms with Crippen LogP contribution in [0.15, 0.2) is 45.5 Å². The Kier molecular flexibility index (Phi) is 6.95. The molecule has 0 spiro atoms. The van der Waals surface area contributed by atoms with Crippen molar-refractivity contribution in [3.8, 4) is 0 Å². The van der Waals surface area contributed by atoms with Gasteiger partial charge in [0.1, 0.15) is 12.0 Å². The van der Waals surface area contributed by atoms with E-state index in [4.69, 9.17) is 10.2 Å². The Hall–Kier alpha value is -1.30. The van der Waals surface area contributed by atoms with E-state index in [0.29, 0.717) is 17.9 Å². The van der Waals surface area contributed by atoms with Gasteiger partial charge in [-0.3, -0.25) is 4.79 Å². The first-order valence-electron chi connectivity index (χ1n) is 6.41. The smallest absolute Gasteiger partial charge is 0.254 e. The average Bonchev–Trinajstić information content (AvgIpc) is 2.87. The number of hydrogen-bond donors (Lipinski definition) is 2. The molecule has 0 saturated heterocycles. The van der Waals surface area contributed by atoms with E-state index in [1.165, 1.54) is 11.8 Å². The summed E-state index contributed by atoms with van der Waals surface area (Å²) in [7, 11) is 0. The first kappa shape index (κ1) is 17.8. The van der Waals surface area contributed by atoms with E-state index in [9.17, 15) is 4.79 Å². The van der Waals surface area contributed by atoms with Crippen LogP contribution in [0.25, 0.3) is 0 Å². The molecule has 0 radical (unpaired) electrons. The van der Waals surface area contributed by atoms with Crippen molar-refractivity contribution in [3.63, 3.8) is 0 Å². The van der Waals surface area contributed by atoms with Gasteiger partial charge in [0.05, 0.1) is 12.1 Å². The lowest BCUT2D eigenvalue weighted by atomic mass is 10.1. The summed E-state index contributed by atoms with van der Waals surface area (Å²) in [6, 6.07) is 9.75. The van der Waals surface area contributed by atoms with Crippen molar-refractivity contribution in [3.05, 3.63) is 58.0 Å². The molecule has 114 valence electrons. The lowest BCUT2D eigenvalue weighted by molar-refractivity contribution is 0.0939. The molecule has 1 amide bonds. The third-order valence-corrected chi connectivity index (χ3v) is 3.42. The summed E-state index contributed by atoms with van der Waals surface area (Å²) < 4.78 is 6.20. The zero-order chi connectivity index (χ0) is 14.5. The largest absolute Gasteiger partial charge is 0.467 e. The molecular formula is C15H18BrClN2O2. The van der Waals surface area contributed by atoms with Crippen LogP contribution in [0.3, 0.4) is 0 Å². The Bertz CT molecular complexity index is 601. The lowest BCUT2D eigenvalue weighted by Crippen LogP contribution is -2.33. The van der Waals surface area contributed by atoms with Crippen LogP contribution >= 0.6 is 28.3 Å². The standard InChI is InChI=1S/C15H17BrN2O2.ClH/c1-10(5-11-3-2-4-13(16)6-11)18-15(19)12-7-14(8-17)20-9-12;/h2-4,6-7,9-10H,5,8,17H2,1H3,(H,18,19);1H. The first-order valence-corrected chi connectivity index (χ1v) is 7.20. The van der Waals surface area contributed by atoms with Crippen molar-refractivity contribution in [2.45, 2.75) is 25.9 Å². The number of amides is 1. The van der Waals surface area contributed by atoms with E-state index in [2.05, 4.69) is 21.2 Å². The van der Waals surface area contributed by atoms with Crippen LogP contribution in [0, 0.1) is 0 Å². The van der Waals surface area contributed by atoms with Crippen LogP contribution in [0.2, 0.25) is 0 Å². The minimum Gasteiger partial charge on any atom is -0.467 e. The summed E-state index contributed by atoms with van der Waals surface area (Å²) in [5.41, 5.74) is 7.13. The number of nitrogens with two attached hydrogens (primary N) is 1. The van der Waals surface area contributed by atoms with Crippen molar-refractivity contribution in [1.82, 2.24) is 5.32 Å². The Morgan fingerprint density at radius 2 is 2.19 bits per heavy atom. The van der Waals surface area contributed by atoms with E-state index < -0.39 is 0 Å². The number of halogens is 2.